The van der Waals surface area contributed by atoms with Crippen LogP contribution in [0.1, 0.15) is 25.3 Å². The maximum Gasteiger partial charge on any atom is 0.119 e. The van der Waals surface area contributed by atoms with E-state index < -0.39 is 0 Å². The molecule has 0 aliphatic carbocycles. The third-order valence-corrected chi connectivity index (χ3v) is 2.28. The average Bonchev–Trinajstić information content (AvgIpc) is 2.32. The highest BCUT2D eigenvalue weighted by atomic mass is 16.5. The van der Waals surface area contributed by atoms with Crippen LogP contribution in [0.4, 0.5) is 0 Å². The molecule has 1 aromatic carbocycles. The van der Waals surface area contributed by atoms with E-state index in [0.717, 1.165) is 25.3 Å². The standard InChI is InChI=1S/C14H21NO/c1-3-4-12-16-14-9-7-13(8-10-14)6-5-11-15-2/h5-10,15H,3-4,11-12H2,1-2H3. The van der Waals surface area contributed by atoms with Gasteiger partial charge in [-0.25, -0.2) is 0 Å². The molecule has 0 saturated carbocycles. The zero-order valence-electron chi connectivity index (χ0n) is 10.2. The van der Waals surface area contributed by atoms with E-state index in [9.17, 15) is 0 Å². The van der Waals surface area contributed by atoms with Crippen LogP contribution in [0.2, 0.25) is 0 Å². The van der Waals surface area contributed by atoms with Crippen molar-refractivity contribution in [3.05, 3.63) is 35.9 Å². The van der Waals surface area contributed by atoms with Gasteiger partial charge in [0.1, 0.15) is 5.75 Å². The normalized spacial score (nSPS) is 10.9. The molecular formula is C14H21NO. The number of ether oxygens (including phenoxy) is 1. The van der Waals surface area contributed by atoms with E-state index in [0.29, 0.717) is 0 Å². The van der Waals surface area contributed by atoms with Crippen molar-refractivity contribution in [1.29, 1.82) is 0 Å². The second kappa shape index (κ2) is 7.94. The molecule has 0 spiro atoms. The molecule has 0 bridgehead atoms. The van der Waals surface area contributed by atoms with Crippen LogP contribution in [0, 0.1) is 0 Å². The van der Waals surface area contributed by atoms with Crippen LogP contribution in [0.25, 0.3) is 6.08 Å². The Kier molecular flexibility index (Phi) is 6.35. The minimum absolute atomic E-state index is 0.811. The number of hydrogen-bond acceptors (Lipinski definition) is 2. The Balaban J connectivity index is 2.41. The van der Waals surface area contributed by atoms with Gasteiger partial charge >= 0.3 is 0 Å². The highest BCUT2D eigenvalue weighted by Crippen LogP contribution is 2.13. The summed E-state index contributed by atoms with van der Waals surface area (Å²) in [4.78, 5) is 0. The van der Waals surface area contributed by atoms with E-state index in [1.54, 1.807) is 0 Å². The molecule has 0 amide bonds. The first-order valence-electron chi connectivity index (χ1n) is 5.91. The van der Waals surface area contributed by atoms with Crippen LogP contribution in [-0.4, -0.2) is 20.2 Å². The van der Waals surface area contributed by atoms with Crippen LogP contribution < -0.4 is 10.1 Å². The third kappa shape index (κ3) is 4.99. The fraction of sp³-hybridized carbons (Fsp3) is 0.429. The molecule has 1 rings (SSSR count). The van der Waals surface area contributed by atoms with Crippen molar-refractivity contribution in [2.45, 2.75) is 19.8 Å². The van der Waals surface area contributed by atoms with Crippen molar-refractivity contribution in [1.82, 2.24) is 5.32 Å². The van der Waals surface area contributed by atoms with E-state index in [2.05, 4.69) is 36.5 Å². The van der Waals surface area contributed by atoms with Gasteiger partial charge in [-0.1, -0.05) is 37.6 Å². The van der Waals surface area contributed by atoms with E-state index in [1.807, 2.05) is 19.2 Å². The van der Waals surface area contributed by atoms with E-state index in [1.165, 1.54) is 12.0 Å². The lowest BCUT2D eigenvalue weighted by Gasteiger charge is -2.04. The summed E-state index contributed by atoms with van der Waals surface area (Å²) in [5.41, 5.74) is 1.21. The Hall–Kier alpha value is -1.28. The second-order valence-corrected chi connectivity index (χ2v) is 3.73. The first-order chi connectivity index (χ1) is 7.86. The number of nitrogens with one attached hydrogen (secondary N) is 1. The minimum Gasteiger partial charge on any atom is -0.494 e. The molecule has 2 heteroatoms. The van der Waals surface area contributed by atoms with Crippen LogP contribution in [-0.2, 0) is 0 Å². The molecule has 0 saturated heterocycles. The van der Waals surface area contributed by atoms with Gasteiger partial charge in [-0.05, 0) is 31.2 Å². The van der Waals surface area contributed by atoms with Gasteiger partial charge in [-0.2, -0.15) is 0 Å². The second-order valence-electron chi connectivity index (χ2n) is 3.73. The van der Waals surface area contributed by atoms with Crippen molar-refractivity contribution >= 4 is 6.08 Å². The fourth-order valence-electron chi connectivity index (χ4n) is 1.32. The number of benzene rings is 1. The lowest BCUT2D eigenvalue weighted by Crippen LogP contribution is -2.03. The lowest BCUT2D eigenvalue weighted by atomic mass is 10.2. The number of likely N-dealkylation sites (N-methyl/N-ethyl adjacent to an activating group) is 1. The molecule has 0 aromatic heterocycles. The van der Waals surface area contributed by atoms with Crippen LogP contribution in [0.5, 0.6) is 5.75 Å². The zero-order valence-corrected chi connectivity index (χ0v) is 10.2. The van der Waals surface area contributed by atoms with Crippen molar-refractivity contribution in [2.24, 2.45) is 0 Å². The van der Waals surface area contributed by atoms with Crippen molar-refractivity contribution in [3.63, 3.8) is 0 Å². The van der Waals surface area contributed by atoms with Crippen molar-refractivity contribution in [2.75, 3.05) is 20.2 Å². The van der Waals surface area contributed by atoms with Gasteiger partial charge in [0.2, 0.25) is 0 Å². The van der Waals surface area contributed by atoms with E-state index in [-0.39, 0.29) is 0 Å². The summed E-state index contributed by atoms with van der Waals surface area (Å²) in [5.74, 6) is 0.958. The molecule has 2 nitrogen and oxygen atoms in total. The maximum absolute atomic E-state index is 5.59. The first kappa shape index (κ1) is 12.8. The summed E-state index contributed by atoms with van der Waals surface area (Å²) in [5, 5.41) is 3.07. The first-order valence-corrected chi connectivity index (χ1v) is 5.91. The van der Waals surface area contributed by atoms with Gasteiger partial charge < -0.3 is 10.1 Å². The summed E-state index contributed by atoms with van der Waals surface area (Å²) in [6, 6.07) is 8.20. The molecule has 0 fully saturated rings. The van der Waals surface area contributed by atoms with Crippen LogP contribution in [0.15, 0.2) is 30.3 Å². The predicted molar refractivity (Wildman–Crippen MR) is 69.8 cm³/mol. The quantitative estimate of drug-likeness (QED) is 0.711. The molecule has 0 unspecified atom stereocenters. The smallest absolute Gasteiger partial charge is 0.119 e. The Morgan fingerprint density at radius 2 is 2.00 bits per heavy atom. The number of unbranched alkanes of at least 4 members (excludes halogenated alkanes) is 1. The summed E-state index contributed by atoms with van der Waals surface area (Å²) in [6.07, 6.45) is 6.49. The van der Waals surface area contributed by atoms with Gasteiger partial charge in [0, 0.05) is 6.54 Å². The molecule has 88 valence electrons. The Morgan fingerprint density at radius 3 is 2.62 bits per heavy atom. The molecule has 0 aliphatic heterocycles. The van der Waals surface area contributed by atoms with Gasteiger partial charge in [0.15, 0.2) is 0 Å². The molecule has 0 radical (unpaired) electrons. The summed E-state index contributed by atoms with van der Waals surface area (Å²) >= 11 is 0. The molecule has 0 heterocycles. The van der Waals surface area contributed by atoms with Crippen LogP contribution >= 0.6 is 0 Å². The minimum atomic E-state index is 0.811. The molecule has 1 aromatic rings. The topological polar surface area (TPSA) is 21.3 Å². The monoisotopic (exact) mass is 219 g/mol. The third-order valence-electron chi connectivity index (χ3n) is 2.28. The van der Waals surface area contributed by atoms with Crippen LogP contribution in [0.3, 0.4) is 0 Å². The van der Waals surface area contributed by atoms with Crippen molar-refractivity contribution in [3.8, 4) is 5.75 Å². The van der Waals surface area contributed by atoms with Gasteiger partial charge in [-0.3, -0.25) is 0 Å². The number of hydrogen-bond donors (Lipinski definition) is 1. The summed E-state index contributed by atoms with van der Waals surface area (Å²) < 4.78 is 5.59. The Morgan fingerprint density at radius 1 is 1.25 bits per heavy atom. The molecule has 16 heavy (non-hydrogen) atoms. The van der Waals surface area contributed by atoms with Crippen molar-refractivity contribution < 1.29 is 4.74 Å². The Labute approximate surface area is 98.3 Å². The molecular weight excluding hydrogens is 198 g/mol. The van der Waals surface area contributed by atoms with Gasteiger partial charge in [-0.15, -0.1) is 0 Å². The van der Waals surface area contributed by atoms with E-state index in [4.69, 9.17) is 4.74 Å². The molecule has 1 N–H and O–H groups in total. The zero-order chi connectivity index (χ0) is 11.6. The summed E-state index contributed by atoms with van der Waals surface area (Å²) in [7, 11) is 1.94. The highest BCUT2D eigenvalue weighted by molar-refractivity contribution is 5.50. The average molecular weight is 219 g/mol. The SMILES string of the molecule is CCCCOc1ccc(C=CCNC)cc1. The predicted octanol–water partition coefficient (Wildman–Crippen LogP) is 3.10. The van der Waals surface area contributed by atoms with E-state index >= 15 is 0 Å². The number of rotatable bonds is 7. The molecule has 0 aliphatic rings. The highest BCUT2D eigenvalue weighted by Gasteiger charge is 1.92. The Bertz CT molecular complexity index is 303. The van der Waals surface area contributed by atoms with Gasteiger partial charge in [0.05, 0.1) is 6.61 Å². The largest absolute Gasteiger partial charge is 0.494 e. The molecule has 0 atom stereocenters. The summed E-state index contributed by atoms with van der Waals surface area (Å²) in [6.45, 7) is 3.87. The fourth-order valence-corrected chi connectivity index (χ4v) is 1.32. The maximum atomic E-state index is 5.59. The lowest BCUT2D eigenvalue weighted by molar-refractivity contribution is 0.309. The van der Waals surface area contributed by atoms with Gasteiger partial charge in [0.25, 0.3) is 0 Å².